The van der Waals surface area contributed by atoms with Crippen LogP contribution < -0.4 is 5.56 Å². The Labute approximate surface area is 94.9 Å². The second-order valence-corrected chi connectivity index (χ2v) is 3.64. The van der Waals surface area contributed by atoms with Crippen LogP contribution in [-0.2, 0) is 7.05 Å². The third kappa shape index (κ3) is 1.55. The second kappa shape index (κ2) is 3.61. The van der Waals surface area contributed by atoms with Crippen LogP contribution in [0.25, 0.3) is 10.8 Å². The van der Waals surface area contributed by atoms with Crippen molar-refractivity contribution in [2.45, 2.75) is 0 Å². The van der Waals surface area contributed by atoms with Crippen LogP contribution in [0.15, 0.2) is 23.0 Å². The minimum absolute atomic E-state index is 0.0736. The molecule has 6 heteroatoms. The first kappa shape index (κ1) is 10.6. The van der Waals surface area contributed by atoms with Crippen molar-refractivity contribution >= 4 is 28.3 Å². The van der Waals surface area contributed by atoms with Gasteiger partial charge in [0.05, 0.1) is 10.9 Å². The number of halogens is 1. The van der Waals surface area contributed by atoms with Crippen LogP contribution in [0, 0.1) is 0 Å². The Kier molecular flexibility index (Phi) is 2.40. The van der Waals surface area contributed by atoms with Crippen LogP contribution in [0.2, 0.25) is 5.15 Å². The minimum Gasteiger partial charge on any atom is -0.478 e. The van der Waals surface area contributed by atoms with Crippen LogP contribution in [0.4, 0.5) is 0 Å². The molecule has 0 aliphatic carbocycles. The lowest BCUT2D eigenvalue weighted by Crippen LogP contribution is -2.19. The maximum atomic E-state index is 11.7. The summed E-state index contributed by atoms with van der Waals surface area (Å²) < 4.78 is 1.12. The first-order valence-electron chi connectivity index (χ1n) is 4.40. The second-order valence-electron chi connectivity index (χ2n) is 3.29. The zero-order chi connectivity index (χ0) is 11.9. The number of aromatic carboxylic acids is 1. The number of carboxylic acid groups (broad SMARTS) is 1. The summed E-state index contributed by atoms with van der Waals surface area (Å²) in [6.07, 6.45) is 0. The van der Waals surface area contributed by atoms with Crippen molar-refractivity contribution in [1.29, 1.82) is 0 Å². The van der Waals surface area contributed by atoms with Gasteiger partial charge in [-0.15, -0.1) is 0 Å². The molecule has 2 aromatic rings. The molecule has 0 unspecified atom stereocenters. The Balaban J connectivity index is 2.90. The summed E-state index contributed by atoms with van der Waals surface area (Å²) in [5, 5.41) is 13.4. The zero-order valence-electron chi connectivity index (χ0n) is 8.27. The Morgan fingerprint density at radius 2 is 2.12 bits per heavy atom. The molecule has 0 saturated carbocycles. The maximum Gasteiger partial charge on any atom is 0.335 e. The number of aromatic nitrogens is 2. The Morgan fingerprint density at radius 1 is 1.44 bits per heavy atom. The number of aryl methyl sites for hydroxylation is 1. The Hall–Kier alpha value is -1.88. The highest BCUT2D eigenvalue weighted by atomic mass is 35.5. The standard InChI is InChI=1S/C10H7ClN2O3/c1-13-9(14)6-3-2-5(10(15)16)4-7(6)8(11)12-13/h2-4H,1H3,(H,15,16). The lowest BCUT2D eigenvalue weighted by molar-refractivity contribution is 0.0697. The molecule has 16 heavy (non-hydrogen) atoms. The molecule has 2 rings (SSSR count). The van der Waals surface area contributed by atoms with Crippen LogP contribution in [0.1, 0.15) is 10.4 Å². The van der Waals surface area contributed by atoms with Gasteiger partial charge in [-0.1, -0.05) is 11.6 Å². The topological polar surface area (TPSA) is 72.2 Å². The zero-order valence-corrected chi connectivity index (χ0v) is 9.02. The van der Waals surface area contributed by atoms with E-state index in [1.807, 2.05) is 0 Å². The van der Waals surface area contributed by atoms with Gasteiger partial charge in [0, 0.05) is 12.4 Å². The summed E-state index contributed by atoms with van der Waals surface area (Å²) in [6, 6.07) is 4.14. The number of hydrogen-bond acceptors (Lipinski definition) is 3. The highest BCUT2D eigenvalue weighted by molar-refractivity contribution is 6.34. The van der Waals surface area contributed by atoms with E-state index in [1.54, 1.807) is 0 Å². The lowest BCUT2D eigenvalue weighted by atomic mass is 10.1. The predicted molar refractivity (Wildman–Crippen MR) is 59.0 cm³/mol. The summed E-state index contributed by atoms with van der Waals surface area (Å²) in [6.45, 7) is 0. The maximum absolute atomic E-state index is 11.7. The third-order valence-electron chi connectivity index (χ3n) is 2.25. The molecular formula is C10H7ClN2O3. The van der Waals surface area contributed by atoms with Gasteiger partial charge < -0.3 is 5.11 Å². The van der Waals surface area contributed by atoms with Gasteiger partial charge in [-0.3, -0.25) is 4.79 Å². The molecule has 0 atom stereocenters. The first-order valence-corrected chi connectivity index (χ1v) is 4.78. The van der Waals surface area contributed by atoms with Crippen molar-refractivity contribution in [3.05, 3.63) is 39.3 Å². The number of nitrogens with zero attached hydrogens (tertiary/aromatic N) is 2. The number of carbonyl (C=O) groups is 1. The largest absolute Gasteiger partial charge is 0.478 e. The number of rotatable bonds is 1. The van der Waals surface area contributed by atoms with Crippen LogP contribution in [0.5, 0.6) is 0 Å². The summed E-state index contributed by atoms with van der Waals surface area (Å²) in [5.74, 6) is -1.07. The molecule has 1 N–H and O–H groups in total. The molecule has 1 heterocycles. The van der Waals surface area contributed by atoms with E-state index in [0.717, 1.165) is 4.68 Å². The quantitative estimate of drug-likeness (QED) is 0.813. The van der Waals surface area contributed by atoms with Gasteiger partial charge in [-0.05, 0) is 18.2 Å². The fraction of sp³-hybridized carbons (Fsp3) is 0.100. The van der Waals surface area contributed by atoms with Gasteiger partial charge in [-0.2, -0.15) is 5.10 Å². The number of fused-ring (bicyclic) bond motifs is 1. The number of carboxylic acids is 1. The average molecular weight is 239 g/mol. The van der Waals surface area contributed by atoms with Crippen molar-refractivity contribution in [1.82, 2.24) is 9.78 Å². The molecule has 0 saturated heterocycles. The first-order chi connectivity index (χ1) is 7.50. The molecule has 0 bridgehead atoms. The summed E-state index contributed by atoms with van der Waals surface area (Å²) in [5.41, 5.74) is -0.235. The van der Waals surface area contributed by atoms with Crippen LogP contribution >= 0.6 is 11.6 Å². The SMILES string of the molecule is Cn1nc(Cl)c2cc(C(=O)O)ccc2c1=O. The van der Waals surface area contributed by atoms with Crippen molar-refractivity contribution < 1.29 is 9.90 Å². The molecular weight excluding hydrogens is 232 g/mol. The van der Waals surface area contributed by atoms with Crippen molar-refractivity contribution in [2.75, 3.05) is 0 Å². The fourth-order valence-corrected chi connectivity index (χ4v) is 1.71. The molecule has 0 amide bonds. The van der Waals surface area contributed by atoms with E-state index < -0.39 is 5.97 Å². The van der Waals surface area contributed by atoms with E-state index in [2.05, 4.69) is 5.10 Å². The molecule has 0 fully saturated rings. The molecule has 1 aromatic heterocycles. The highest BCUT2D eigenvalue weighted by Gasteiger charge is 2.10. The Morgan fingerprint density at radius 3 is 2.75 bits per heavy atom. The highest BCUT2D eigenvalue weighted by Crippen LogP contribution is 2.19. The minimum atomic E-state index is -1.07. The predicted octanol–water partition coefficient (Wildman–Crippen LogP) is 1.29. The molecule has 0 aliphatic rings. The summed E-state index contributed by atoms with van der Waals surface area (Å²) in [4.78, 5) is 22.4. The van der Waals surface area contributed by atoms with Gasteiger partial charge in [0.15, 0.2) is 5.15 Å². The lowest BCUT2D eigenvalue weighted by Gasteiger charge is -2.03. The molecule has 5 nitrogen and oxygen atoms in total. The molecule has 0 radical (unpaired) electrons. The normalized spacial score (nSPS) is 10.6. The van der Waals surface area contributed by atoms with E-state index >= 15 is 0 Å². The van der Waals surface area contributed by atoms with Crippen molar-refractivity contribution in [3.8, 4) is 0 Å². The van der Waals surface area contributed by atoms with E-state index in [-0.39, 0.29) is 16.3 Å². The van der Waals surface area contributed by atoms with E-state index in [0.29, 0.717) is 10.8 Å². The monoisotopic (exact) mass is 238 g/mol. The molecule has 1 aromatic carbocycles. The third-order valence-corrected chi connectivity index (χ3v) is 2.53. The summed E-state index contributed by atoms with van der Waals surface area (Å²) in [7, 11) is 1.48. The van der Waals surface area contributed by atoms with E-state index in [1.165, 1.54) is 25.2 Å². The van der Waals surface area contributed by atoms with Crippen molar-refractivity contribution in [2.24, 2.45) is 7.05 Å². The number of benzene rings is 1. The van der Waals surface area contributed by atoms with E-state index in [9.17, 15) is 9.59 Å². The smallest absolute Gasteiger partial charge is 0.335 e. The molecule has 0 aliphatic heterocycles. The van der Waals surface area contributed by atoms with Gasteiger partial charge in [0.25, 0.3) is 5.56 Å². The summed E-state index contributed by atoms with van der Waals surface area (Å²) >= 11 is 5.85. The van der Waals surface area contributed by atoms with Crippen molar-refractivity contribution in [3.63, 3.8) is 0 Å². The van der Waals surface area contributed by atoms with Gasteiger partial charge in [-0.25, -0.2) is 9.48 Å². The van der Waals surface area contributed by atoms with Crippen LogP contribution in [0.3, 0.4) is 0 Å². The molecule has 82 valence electrons. The number of hydrogen-bond donors (Lipinski definition) is 1. The van der Waals surface area contributed by atoms with Crippen LogP contribution in [-0.4, -0.2) is 20.9 Å². The fourth-order valence-electron chi connectivity index (χ4n) is 1.44. The van der Waals surface area contributed by atoms with Gasteiger partial charge in [0.1, 0.15) is 0 Å². The average Bonchev–Trinajstić information content (AvgIpc) is 2.25. The Bertz CT molecular complexity index is 648. The molecule has 0 spiro atoms. The van der Waals surface area contributed by atoms with E-state index in [4.69, 9.17) is 16.7 Å². The van der Waals surface area contributed by atoms with Gasteiger partial charge in [0.2, 0.25) is 0 Å². The van der Waals surface area contributed by atoms with Gasteiger partial charge >= 0.3 is 5.97 Å².